The van der Waals surface area contributed by atoms with Crippen LogP contribution in [0.2, 0.25) is 0 Å². The van der Waals surface area contributed by atoms with Gasteiger partial charge in [-0.15, -0.1) is 0 Å². The minimum atomic E-state index is 0.474. The smallest absolute Gasteiger partial charge is 0.234 e. The Morgan fingerprint density at radius 3 is 3.07 bits per heavy atom. The lowest BCUT2D eigenvalue weighted by Crippen LogP contribution is -2.05. The highest BCUT2D eigenvalue weighted by Crippen LogP contribution is 2.01. The maximum Gasteiger partial charge on any atom is 0.234 e. The molecule has 0 amide bonds. The fourth-order valence-corrected chi connectivity index (χ4v) is 1.23. The highest BCUT2D eigenvalue weighted by molar-refractivity contribution is 5.32. The second-order valence-corrected chi connectivity index (χ2v) is 3.65. The minimum Gasteiger partial charge on any atom is -0.272 e. The Bertz CT molecular complexity index is 324. The Morgan fingerprint density at radius 2 is 2.43 bits per heavy atom. The molecule has 0 radical (unpaired) electrons. The van der Waals surface area contributed by atoms with E-state index in [9.17, 15) is 4.79 Å². The van der Waals surface area contributed by atoms with Gasteiger partial charge in [0.1, 0.15) is 0 Å². The van der Waals surface area contributed by atoms with Crippen molar-refractivity contribution in [2.75, 3.05) is 6.54 Å². The lowest BCUT2D eigenvalue weighted by atomic mass is 10.2. The zero-order valence-electron chi connectivity index (χ0n) is 8.60. The van der Waals surface area contributed by atoms with Crippen molar-refractivity contribution in [1.29, 1.82) is 0 Å². The van der Waals surface area contributed by atoms with Crippen LogP contribution in [0.4, 0.5) is 0 Å². The lowest BCUT2D eigenvalue weighted by molar-refractivity contribution is 0.480. The molecule has 1 heterocycles. The third kappa shape index (κ3) is 3.54. The Kier molecular flexibility index (Phi) is 4.08. The van der Waals surface area contributed by atoms with Gasteiger partial charge in [0.2, 0.25) is 6.08 Å². The molecule has 4 nitrogen and oxygen atoms in total. The van der Waals surface area contributed by atoms with E-state index in [0.717, 1.165) is 12.2 Å². The molecule has 0 saturated carbocycles. The van der Waals surface area contributed by atoms with Crippen LogP contribution in [0.1, 0.15) is 19.5 Å². The summed E-state index contributed by atoms with van der Waals surface area (Å²) in [5.74, 6) is 0.593. The van der Waals surface area contributed by atoms with Crippen LogP contribution < -0.4 is 0 Å². The van der Waals surface area contributed by atoms with Crippen LogP contribution in [0.25, 0.3) is 0 Å². The minimum absolute atomic E-state index is 0.474. The lowest BCUT2D eigenvalue weighted by Gasteiger charge is -2.03. The third-order valence-corrected chi connectivity index (χ3v) is 1.79. The molecular weight excluding hydrogens is 178 g/mol. The van der Waals surface area contributed by atoms with Gasteiger partial charge in [0.05, 0.1) is 12.2 Å². The normalized spacial score (nSPS) is 10.2. The highest BCUT2D eigenvalue weighted by Gasteiger charge is 2.00. The summed E-state index contributed by atoms with van der Waals surface area (Å²) in [6, 6.07) is 1.96. The molecule has 0 atom stereocenters. The number of nitrogens with zero attached hydrogens (tertiary/aromatic N) is 3. The van der Waals surface area contributed by atoms with Gasteiger partial charge in [-0.05, 0) is 12.0 Å². The first-order valence-corrected chi connectivity index (χ1v) is 4.78. The van der Waals surface area contributed by atoms with Crippen molar-refractivity contribution in [1.82, 2.24) is 9.78 Å². The number of hydrogen-bond acceptors (Lipinski definition) is 3. The highest BCUT2D eigenvalue weighted by atomic mass is 16.1. The van der Waals surface area contributed by atoms with Crippen molar-refractivity contribution in [3.05, 3.63) is 18.0 Å². The van der Waals surface area contributed by atoms with Gasteiger partial charge in [0.15, 0.2) is 0 Å². The quantitative estimate of drug-likeness (QED) is 0.524. The van der Waals surface area contributed by atoms with Crippen LogP contribution in [-0.4, -0.2) is 22.4 Å². The maximum atomic E-state index is 9.83. The van der Waals surface area contributed by atoms with Gasteiger partial charge in [-0.1, -0.05) is 13.8 Å². The Hall–Kier alpha value is -1.41. The van der Waals surface area contributed by atoms with E-state index in [1.54, 1.807) is 0 Å². The van der Waals surface area contributed by atoms with Gasteiger partial charge < -0.3 is 0 Å². The summed E-state index contributed by atoms with van der Waals surface area (Å²) in [7, 11) is 0. The number of hydrogen-bond donors (Lipinski definition) is 0. The molecule has 14 heavy (non-hydrogen) atoms. The second kappa shape index (κ2) is 5.35. The van der Waals surface area contributed by atoms with E-state index in [1.807, 2.05) is 16.9 Å². The first-order chi connectivity index (χ1) is 6.72. The summed E-state index contributed by atoms with van der Waals surface area (Å²) >= 11 is 0. The molecule has 0 N–H and O–H groups in total. The summed E-state index contributed by atoms with van der Waals surface area (Å²) in [5.41, 5.74) is 0.977. The van der Waals surface area contributed by atoms with Crippen LogP contribution in [-0.2, 0) is 17.8 Å². The molecule has 0 aliphatic heterocycles. The summed E-state index contributed by atoms with van der Waals surface area (Å²) in [4.78, 5) is 13.3. The molecule has 0 aliphatic rings. The third-order valence-electron chi connectivity index (χ3n) is 1.79. The van der Waals surface area contributed by atoms with Crippen LogP contribution in [0.3, 0.4) is 0 Å². The van der Waals surface area contributed by atoms with Gasteiger partial charge in [-0.2, -0.15) is 5.10 Å². The zero-order chi connectivity index (χ0) is 10.4. The summed E-state index contributed by atoms with van der Waals surface area (Å²) in [6.07, 6.45) is 4.18. The van der Waals surface area contributed by atoms with E-state index in [2.05, 4.69) is 23.9 Å². The fraction of sp³-hybridized carbons (Fsp3) is 0.600. The number of rotatable bonds is 5. The van der Waals surface area contributed by atoms with Gasteiger partial charge >= 0.3 is 0 Å². The Balaban J connectivity index is 2.46. The molecule has 0 spiro atoms. The number of aromatic nitrogens is 2. The number of isocyanates is 1. The van der Waals surface area contributed by atoms with Gasteiger partial charge in [-0.3, -0.25) is 4.68 Å². The largest absolute Gasteiger partial charge is 0.272 e. The molecule has 0 aromatic carbocycles. The van der Waals surface area contributed by atoms with Gasteiger partial charge in [-0.25, -0.2) is 9.79 Å². The summed E-state index contributed by atoms with van der Waals surface area (Å²) in [6.45, 7) is 5.70. The average Bonchev–Trinajstić information content (AvgIpc) is 2.52. The fourth-order valence-electron chi connectivity index (χ4n) is 1.23. The molecule has 1 aromatic rings. The predicted molar refractivity (Wildman–Crippen MR) is 53.8 cm³/mol. The monoisotopic (exact) mass is 193 g/mol. The molecule has 1 aromatic heterocycles. The molecule has 76 valence electrons. The number of aliphatic imine (C=N–C) groups is 1. The summed E-state index contributed by atoms with van der Waals surface area (Å²) < 4.78 is 1.92. The van der Waals surface area contributed by atoms with Crippen molar-refractivity contribution < 1.29 is 4.79 Å². The molecule has 0 unspecified atom stereocenters. The molecule has 0 saturated heterocycles. The predicted octanol–water partition coefficient (Wildman–Crippen LogP) is 1.42. The Labute approximate surface area is 83.7 Å². The average molecular weight is 193 g/mol. The topological polar surface area (TPSA) is 47.2 Å². The molecule has 0 fully saturated rings. The van der Waals surface area contributed by atoms with E-state index in [-0.39, 0.29) is 0 Å². The zero-order valence-corrected chi connectivity index (χ0v) is 8.60. The maximum absolute atomic E-state index is 9.83. The van der Waals surface area contributed by atoms with Gasteiger partial charge in [0, 0.05) is 19.2 Å². The van der Waals surface area contributed by atoms with Crippen LogP contribution in [0, 0.1) is 5.92 Å². The van der Waals surface area contributed by atoms with Crippen LogP contribution in [0.5, 0.6) is 0 Å². The van der Waals surface area contributed by atoms with Gasteiger partial charge in [0.25, 0.3) is 0 Å². The van der Waals surface area contributed by atoms with Crippen molar-refractivity contribution in [2.24, 2.45) is 10.9 Å². The second-order valence-electron chi connectivity index (χ2n) is 3.65. The molecule has 4 heteroatoms. The van der Waals surface area contributed by atoms with E-state index in [1.165, 1.54) is 6.08 Å². The molecule has 0 bridgehead atoms. The standard InChI is InChI=1S/C10H15N3O/c1-9(2)7-13-6-4-10(12-13)3-5-11-8-14/h4,6,9H,3,5,7H2,1-2H3. The summed E-state index contributed by atoms with van der Waals surface area (Å²) in [5, 5.41) is 4.35. The molecule has 1 rings (SSSR count). The van der Waals surface area contributed by atoms with E-state index < -0.39 is 0 Å². The molecular formula is C10H15N3O. The number of carbonyl (C=O) groups excluding carboxylic acids is 1. The van der Waals surface area contributed by atoms with Crippen molar-refractivity contribution in [3.8, 4) is 0 Å². The molecule has 0 aliphatic carbocycles. The first-order valence-electron chi connectivity index (χ1n) is 4.78. The van der Waals surface area contributed by atoms with E-state index in [4.69, 9.17) is 0 Å². The van der Waals surface area contributed by atoms with Crippen LogP contribution in [0.15, 0.2) is 17.3 Å². The van der Waals surface area contributed by atoms with Crippen molar-refractivity contribution >= 4 is 6.08 Å². The Morgan fingerprint density at radius 1 is 1.64 bits per heavy atom. The first kappa shape index (κ1) is 10.7. The van der Waals surface area contributed by atoms with Crippen molar-refractivity contribution in [2.45, 2.75) is 26.8 Å². The SMILES string of the molecule is CC(C)Cn1ccc(CCN=C=O)n1. The van der Waals surface area contributed by atoms with E-state index >= 15 is 0 Å². The van der Waals surface area contributed by atoms with Crippen LogP contribution >= 0.6 is 0 Å². The van der Waals surface area contributed by atoms with Crippen molar-refractivity contribution in [3.63, 3.8) is 0 Å². The van der Waals surface area contributed by atoms with E-state index in [0.29, 0.717) is 18.9 Å².